The molecule has 0 radical (unpaired) electrons. The van der Waals surface area contributed by atoms with Crippen molar-refractivity contribution in [2.75, 3.05) is 32.8 Å². The molecule has 2 rings (SSSR count). The van der Waals surface area contributed by atoms with E-state index in [2.05, 4.69) is 34.5 Å². The molecule has 1 N–H and O–H groups in total. The Morgan fingerprint density at radius 1 is 1.38 bits per heavy atom. The molecule has 1 amide bonds. The molecular weight excluding hydrogens is 264 g/mol. The molecule has 0 aliphatic carbocycles. The van der Waals surface area contributed by atoms with E-state index in [0.717, 1.165) is 39.2 Å². The second-order valence-corrected chi connectivity index (χ2v) is 5.87. The van der Waals surface area contributed by atoms with Crippen LogP contribution >= 0.6 is 0 Å². The van der Waals surface area contributed by atoms with Gasteiger partial charge in [-0.3, -0.25) is 9.69 Å². The molecule has 4 heteroatoms. The highest BCUT2D eigenvalue weighted by Gasteiger charge is 2.21. The zero-order valence-electron chi connectivity index (χ0n) is 13.0. The van der Waals surface area contributed by atoms with E-state index in [9.17, 15) is 4.79 Å². The number of hydrogen-bond donors (Lipinski definition) is 1. The molecule has 1 saturated heterocycles. The van der Waals surface area contributed by atoms with Gasteiger partial charge in [-0.2, -0.15) is 0 Å². The Morgan fingerprint density at radius 2 is 2.14 bits per heavy atom. The van der Waals surface area contributed by atoms with Crippen LogP contribution in [0, 0.1) is 5.92 Å². The van der Waals surface area contributed by atoms with E-state index in [1.165, 1.54) is 5.56 Å². The van der Waals surface area contributed by atoms with Gasteiger partial charge in [0, 0.05) is 32.1 Å². The summed E-state index contributed by atoms with van der Waals surface area (Å²) in [4.78, 5) is 13.9. The minimum absolute atomic E-state index is 0.0656. The highest BCUT2D eigenvalue weighted by atomic mass is 16.5. The first kappa shape index (κ1) is 16.0. The van der Waals surface area contributed by atoms with Gasteiger partial charge >= 0.3 is 0 Å². The average Bonchev–Trinajstić information content (AvgIpc) is 2.52. The number of nitrogens with one attached hydrogen (secondary N) is 1. The van der Waals surface area contributed by atoms with Crippen molar-refractivity contribution in [2.45, 2.75) is 26.4 Å². The standard InChI is InChI=1S/C17H26N2O2/c1-14(2)17(20)18-9-6-10-19-11-12-21-16(13-19)15-7-4-3-5-8-15/h3-5,7-8,14,16H,6,9-13H2,1-2H3,(H,18,20). The Bertz CT molecular complexity index is 434. The summed E-state index contributed by atoms with van der Waals surface area (Å²) in [5, 5.41) is 2.97. The molecule has 1 aliphatic heterocycles. The first-order valence-electron chi connectivity index (χ1n) is 7.83. The number of benzene rings is 1. The van der Waals surface area contributed by atoms with Crippen molar-refractivity contribution >= 4 is 5.91 Å². The molecule has 1 aromatic rings. The summed E-state index contributed by atoms with van der Waals surface area (Å²) in [6.45, 7) is 8.28. The van der Waals surface area contributed by atoms with Crippen molar-refractivity contribution in [2.24, 2.45) is 5.92 Å². The van der Waals surface area contributed by atoms with Gasteiger partial charge in [-0.25, -0.2) is 0 Å². The summed E-state index contributed by atoms with van der Waals surface area (Å²) < 4.78 is 5.86. The van der Waals surface area contributed by atoms with Gasteiger partial charge in [-0.05, 0) is 12.0 Å². The third kappa shape index (κ3) is 5.14. The number of hydrogen-bond acceptors (Lipinski definition) is 3. The molecule has 0 bridgehead atoms. The highest BCUT2D eigenvalue weighted by Crippen LogP contribution is 2.21. The second kappa shape index (κ2) is 8.15. The summed E-state index contributed by atoms with van der Waals surface area (Å²) in [5.74, 6) is 0.204. The van der Waals surface area contributed by atoms with Crippen LogP contribution in [0.2, 0.25) is 0 Å². The van der Waals surface area contributed by atoms with E-state index in [1.807, 2.05) is 19.9 Å². The summed E-state index contributed by atoms with van der Waals surface area (Å²) in [7, 11) is 0. The van der Waals surface area contributed by atoms with Gasteiger partial charge in [0.1, 0.15) is 0 Å². The maximum absolute atomic E-state index is 11.5. The van der Waals surface area contributed by atoms with Crippen LogP contribution in [-0.4, -0.2) is 43.6 Å². The molecule has 21 heavy (non-hydrogen) atoms. The summed E-state index contributed by atoms with van der Waals surface area (Å²) >= 11 is 0. The molecular formula is C17H26N2O2. The van der Waals surface area contributed by atoms with Gasteiger partial charge in [0.05, 0.1) is 12.7 Å². The molecule has 0 aromatic heterocycles. The molecule has 0 spiro atoms. The molecule has 4 nitrogen and oxygen atoms in total. The van der Waals surface area contributed by atoms with Crippen LogP contribution in [0.25, 0.3) is 0 Å². The summed E-state index contributed by atoms with van der Waals surface area (Å²) in [6, 6.07) is 10.4. The van der Waals surface area contributed by atoms with Gasteiger partial charge in [-0.1, -0.05) is 44.2 Å². The summed E-state index contributed by atoms with van der Waals surface area (Å²) in [5.41, 5.74) is 1.25. The Morgan fingerprint density at radius 3 is 2.86 bits per heavy atom. The summed E-state index contributed by atoms with van der Waals surface area (Å²) in [6.07, 6.45) is 1.16. The molecule has 0 saturated carbocycles. The van der Waals surface area contributed by atoms with Crippen LogP contribution < -0.4 is 5.32 Å². The molecule has 1 heterocycles. The fraction of sp³-hybridized carbons (Fsp3) is 0.588. The molecule has 1 aromatic carbocycles. The van der Waals surface area contributed by atoms with E-state index >= 15 is 0 Å². The first-order chi connectivity index (χ1) is 10.2. The van der Waals surface area contributed by atoms with Crippen molar-refractivity contribution in [3.05, 3.63) is 35.9 Å². The quantitative estimate of drug-likeness (QED) is 0.817. The van der Waals surface area contributed by atoms with E-state index in [1.54, 1.807) is 0 Å². The zero-order valence-corrected chi connectivity index (χ0v) is 13.0. The zero-order chi connectivity index (χ0) is 15.1. The Balaban J connectivity index is 1.71. The average molecular weight is 290 g/mol. The molecule has 1 unspecified atom stereocenters. The normalized spacial score (nSPS) is 19.7. The van der Waals surface area contributed by atoms with Crippen molar-refractivity contribution in [3.8, 4) is 0 Å². The number of carbonyl (C=O) groups excluding carboxylic acids is 1. The maximum Gasteiger partial charge on any atom is 0.222 e. The van der Waals surface area contributed by atoms with Gasteiger partial charge in [0.2, 0.25) is 5.91 Å². The van der Waals surface area contributed by atoms with E-state index < -0.39 is 0 Å². The van der Waals surface area contributed by atoms with Crippen molar-refractivity contribution < 1.29 is 9.53 Å². The fourth-order valence-corrected chi connectivity index (χ4v) is 2.49. The minimum atomic E-state index is 0.0656. The Labute approximate surface area is 127 Å². The van der Waals surface area contributed by atoms with Crippen molar-refractivity contribution in [3.63, 3.8) is 0 Å². The molecule has 1 atom stereocenters. The number of nitrogens with zero attached hydrogens (tertiary/aromatic N) is 1. The number of carbonyl (C=O) groups is 1. The van der Waals surface area contributed by atoms with Crippen LogP contribution in [0.3, 0.4) is 0 Å². The van der Waals surface area contributed by atoms with Crippen LogP contribution in [0.1, 0.15) is 31.9 Å². The van der Waals surface area contributed by atoms with Crippen LogP contribution in [0.5, 0.6) is 0 Å². The third-order valence-corrected chi connectivity index (χ3v) is 3.80. The van der Waals surface area contributed by atoms with Crippen molar-refractivity contribution in [1.29, 1.82) is 0 Å². The Kier molecular flexibility index (Phi) is 6.21. The maximum atomic E-state index is 11.5. The van der Waals surface area contributed by atoms with E-state index in [-0.39, 0.29) is 17.9 Å². The van der Waals surface area contributed by atoms with Crippen LogP contribution in [0.4, 0.5) is 0 Å². The number of morpholine rings is 1. The topological polar surface area (TPSA) is 41.6 Å². The van der Waals surface area contributed by atoms with Gasteiger partial charge in [-0.15, -0.1) is 0 Å². The number of rotatable bonds is 6. The third-order valence-electron chi connectivity index (χ3n) is 3.80. The number of ether oxygens (including phenoxy) is 1. The lowest BCUT2D eigenvalue weighted by Crippen LogP contribution is -2.40. The molecule has 116 valence electrons. The first-order valence-corrected chi connectivity index (χ1v) is 7.83. The smallest absolute Gasteiger partial charge is 0.222 e. The minimum Gasteiger partial charge on any atom is -0.371 e. The lowest BCUT2D eigenvalue weighted by atomic mass is 10.1. The predicted molar refractivity (Wildman–Crippen MR) is 84.0 cm³/mol. The fourth-order valence-electron chi connectivity index (χ4n) is 2.49. The monoisotopic (exact) mass is 290 g/mol. The SMILES string of the molecule is CC(C)C(=O)NCCCN1CCOC(c2ccccc2)C1. The lowest BCUT2D eigenvalue weighted by molar-refractivity contribution is -0.124. The van der Waals surface area contributed by atoms with Gasteiger partial charge in [0.15, 0.2) is 0 Å². The van der Waals surface area contributed by atoms with E-state index in [0.29, 0.717) is 0 Å². The van der Waals surface area contributed by atoms with Crippen LogP contribution in [0.15, 0.2) is 30.3 Å². The lowest BCUT2D eigenvalue weighted by Gasteiger charge is -2.33. The highest BCUT2D eigenvalue weighted by molar-refractivity contribution is 5.77. The Hall–Kier alpha value is -1.39. The van der Waals surface area contributed by atoms with E-state index in [4.69, 9.17) is 4.74 Å². The van der Waals surface area contributed by atoms with Gasteiger partial charge < -0.3 is 10.1 Å². The molecule has 1 fully saturated rings. The van der Waals surface area contributed by atoms with Gasteiger partial charge in [0.25, 0.3) is 0 Å². The van der Waals surface area contributed by atoms with Crippen LogP contribution in [-0.2, 0) is 9.53 Å². The van der Waals surface area contributed by atoms with Crippen molar-refractivity contribution in [1.82, 2.24) is 10.2 Å². The largest absolute Gasteiger partial charge is 0.371 e. The second-order valence-electron chi connectivity index (χ2n) is 5.87. The molecule has 1 aliphatic rings. The predicted octanol–water partition coefficient (Wildman–Crippen LogP) is 2.22. The number of amides is 1.